The fourth-order valence-corrected chi connectivity index (χ4v) is 4.48. The van der Waals surface area contributed by atoms with Gasteiger partial charge in [0.2, 0.25) is 12.7 Å². The quantitative estimate of drug-likeness (QED) is 0.467. The Labute approximate surface area is 161 Å². The average molecular weight is 363 g/mol. The number of benzene rings is 2. The standard InChI is InChI=1S/C23H30N4/c1-18(14-26-16-24(3)20-9-5-7-11-22(20)26)13-19(2)15-27-17-25(4)21-10-6-8-12-23(21)27/h5-12,16-19H,13-15H2,1-4H3/q+2. The molecule has 0 radical (unpaired) electrons. The van der Waals surface area contributed by atoms with Crippen molar-refractivity contribution < 1.29 is 9.13 Å². The Kier molecular flexibility index (Phi) is 4.73. The maximum Gasteiger partial charge on any atom is 0.244 e. The monoisotopic (exact) mass is 362 g/mol. The molecule has 0 saturated carbocycles. The van der Waals surface area contributed by atoms with Gasteiger partial charge in [0.05, 0.1) is 27.2 Å². The summed E-state index contributed by atoms with van der Waals surface area (Å²) in [5.41, 5.74) is 5.24. The molecule has 2 unspecified atom stereocenters. The molecule has 4 heteroatoms. The molecule has 0 fully saturated rings. The van der Waals surface area contributed by atoms with Crippen molar-refractivity contribution in [2.24, 2.45) is 25.9 Å². The van der Waals surface area contributed by atoms with Crippen LogP contribution in [0.2, 0.25) is 0 Å². The summed E-state index contributed by atoms with van der Waals surface area (Å²) in [4.78, 5) is 0. The van der Waals surface area contributed by atoms with Crippen LogP contribution in [0.1, 0.15) is 20.3 Å². The first-order valence-corrected chi connectivity index (χ1v) is 9.90. The van der Waals surface area contributed by atoms with E-state index in [2.05, 4.69) is 107 Å². The van der Waals surface area contributed by atoms with Crippen LogP contribution in [0.25, 0.3) is 22.1 Å². The number of nitrogens with zero attached hydrogens (tertiary/aromatic N) is 4. The summed E-state index contributed by atoms with van der Waals surface area (Å²) in [6, 6.07) is 17.3. The zero-order valence-corrected chi connectivity index (χ0v) is 16.8. The number of rotatable bonds is 6. The molecule has 0 aliphatic heterocycles. The van der Waals surface area contributed by atoms with E-state index < -0.39 is 0 Å². The second-order valence-electron chi connectivity index (χ2n) is 8.18. The maximum atomic E-state index is 2.40. The molecule has 0 amide bonds. The lowest BCUT2D eigenvalue weighted by Crippen LogP contribution is -2.26. The lowest BCUT2D eigenvalue weighted by Gasteiger charge is -2.14. The summed E-state index contributed by atoms with van der Waals surface area (Å²) in [7, 11) is 4.26. The lowest BCUT2D eigenvalue weighted by atomic mass is 9.97. The van der Waals surface area contributed by atoms with Crippen molar-refractivity contribution in [3.05, 3.63) is 61.2 Å². The molecule has 2 atom stereocenters. The second-order valence-corrected chi connectivity index (χ2v) is 8.18. The number of hydrogen-bond acceptors (Lipinski definition) is 0. The Balaban J connectivity index is 1.45. The minimum atomic E-state index is 0.631. The van der Waals surface area contributed by atoms with Crippen LogP contribution in [0.5, 0.6) is 0 Å². The smallest absolute Gasteiger partial charge is 0.233 e. The first-order chi connectivity index (χ1) is 13.0. The molecule has 2 aromatic heterocycles. The Morgan fingerprint density at radius 1 is 0.704 bits per heavy atom. The molecule has 2 heterocycles. The van der Waals surface area contributed by atoms with Crippen LogP contribution in [-0.4, -0.2) is 9.13 Å². The van der Waals surface area contributed by atoms with Crippen LogP contribution < -0.4 is 9.13 Å². The Bertz CT molecular complexity index is 987. The van der Waals surface area contributed by atoms with Crippen LogP contribution in [0.4, 0.5) is 0 Å². The Morgan fingerprint density at radius 2 is 1.11 bits per heavy atom. The minimum Gasteiger partial charge on any atom is -0.233 e. The fourth-order valence-electron chi connectivity index (χ4n) is 4.48. The van der Waals surface area contributed by atoms with Gasteiger partial charge in [0.15, 0.2) is 22.1 Å². The van der Waals surface area contributed by atoms with E-state index in [1.165, 1.54) is 28.5 Å². The third-order valence-electron chi connectivity index (χ3n) is 5.59. The third kappa shape index (κ3) is 3.48. The summed E-state index contributed by atoms with van der Waals surface area (Å²) in [5, 5.41) is 0. The number of fused-ring (bicyclic) bond motifs is 2. The normalized spacial score (nSPS) is 14.1. The van der Waals surface area contributed by atoms with Crippen LogP contribution in [0.15, 0.2) is 61.2 Å². The first kappa shape index (κ1) is 17.8. The molecule has 27 heavy (non-hydrogen) atoms. The molecule has 0 aliphatic carbocycles. The molecule has 0 bridgehead atoms. The predicted octanol–water partition coefficient (Wildman–Crippen LogP) is 3.61. The van der Waals surface area contributed by atoms with Gasteiger partial charge in [0.25, 0.3) is 0 Å². The summed E-state index contributed by atoms with van der Waals surface area (Å²) in [6.45, 7) is 6.87. The van der Waals surface area contributed by atoms with E-state index in [0.717, 1.165) is 13.1 Å². The maximum absolute atomic E-state index is 2.40. The van der Waals surface area contributed by atoms with Gasteiger partial charge in [0.1, 0.15) is 0 Å². The predicted molar refractivity (Wildman–Crippen MR) is 109 cm³/mol. The number of aryl methyl sites for hydroxylation is 2. The molecule has 2 aromatic carbocycles. The van der Waals surface area contributed by atoms with E-state index in [1.807, 2.05) is 0 Å². The number of imidazole rings is 2. The van der Waals surface area contributed by atoms with Crippen molar-refractivity contribution in [1.82, 2.24) is 9.13 Å². The van der Waals surface area contributed by atoms with Gasteiger partial charge in [-0.15, -0.1) is 0 Å². The molecule has 0 spiro atoms. The molecular weight excluding hydrogens is 332 g/mol. The minimum absolute atomic E-state index is 0.631. The largest absolute Gasteiger partial charge is 0.244 e. The molecule has 4 rings (SSSR count). The van der Waals surface area contributed by atoms with Gasteiger partial charge in [-0.25, -0.2) is 18.3 Å². The van der Waals surface area contributed by atoms with Crippen LogP contribution in [0, 0.1) is 11.8 Å². The zero-order valence-electron chi connectivity index (χ0n) is 16.8. The fraction of sp³-hybridized carbons (Fsp3) is 0.391. The molecule has 0 N–H and O–H groups in total. The highest BCUT2D eigenvalue weighted by Crippen LogP contribution is 2.20. The summed E-state index contributed by atoms with van der Waals surface area (Å²) in [6.07, 6.45) is 5.67. The van der Waals surface area contributed by atoms with Crippen molar-refractivity contribution in [2.75, 3.05) is 0 Å². The molecule has 0 saturated heterocycles. The van der Waals surface area contributed by atoms with Crippen molar-refractivity contribution in [2.45, 2.75) is 33.4 Å². The molecule has 140 valence electrons. The van der Waals surface area contributed by atoms with Crippen LogP contribution in [0.3, 0.4) is 0 Å². The van der Waals surface area contributed by atoms with Gasteiger partial charge < -0.3 is 0 Å². The van der Waals surface area contributed by atoms with Gasteiger partial charge in [-0.05, 0) is 42.5 Å². The average Bonchev–Trinajstić information content (AvgIpc) is 3.13. The Morgan fingerprint density at radius 3 is 1.56 bits per heavy atom. The molecule has 4 aromatic rings. The Hall–Kier alpha value is -2.62. The van der Waals surface area contributed by atoms with Gasteiger partial charge in [0, 0.05) is 0 Å². The number of hydrogen-bond donors (Lipinski definition) is 0. The third-order valence-corrected chi connectivity index (χ3v) is 5.59. The highest BCUT2D eigenvalue weighted by molar-refractivity contribution is 5.72. The van der Waals surface area contributed by atoms with Crippen molar-refractivity contribution in [3.8, 4) is 0 Å². The summed E-state index contributed by atoms with van der Waals surface area (Å²) >= 11 is 0. The van der Waals surface area contributed by atoms with E-state index in [4.69, 9.17) is 0 Å². The van der Waals surface area contributed by atoms with Gasteiger partial charge in [-0.2, -0.15) is 0 Å². The summed E-state index contributed by atoms with van der Waals surface area (Å²) in [5.74, 6) is 1.26. The summed E-state index contributed by atoms with van der Waals surface area (Å²) < 4.78 is 9.24. The van der Waals surface area contributed by atoms with E-state index in [0.29, 0.717) is 11.8 Å². The van der Waals surface area contributed by atoms with Crippen molar-refractivity contribution in [3.63, 3.8) is 0 Å². The van der Waals surface area contributed by atoms with Crippen LogP contribution >= 0.6 is 0 Å². The topological polar surface area (TPSA) is 17.6 Å². The van der Waals surface area contributed by atoms with Gasteiger partial charge in [-0.3, -0.25) is 0 Å². The van der Waals surface area contributed by atoms with E-state index in [1.54, 1.807) is 0 Å². The van der Waals surface area contributed by atoms with E-state index in [-0.39, 0.29) is 0 Å². The van der Waals surface area contributed by atoms with E-state index in [9.17, 15) is 0 Å². The van der Waals surface area contributed by atoms with Gasteiger partial charge >= 0.3 is 0 Å². The number of para-hydroxylation sites is 4. The van der Waals surface area contributed by atoms with Gasteiger partial charge in [-0.1, -0.05) is 38.1 Å². The van der Waals surface area contributed by atoms with Crippen molar-refractivity contribution in [1.29, 1.82) is 0 Å². The second kappa shape index (κ2) is 7.18. The highest BCUT2D eigenvalue weighted by Gasteiger charge is 2.20. The van der Waals surface area contributed by atoms with Crippen LogP contribution in [-0.2, 0) is 27.2 Å². The molecule has 0 aliphatic rings. The van der Waals surface area contributed by atoms with Crippen molar-refractivity contribution >= 4 is 22.1 Å². The first-order valence-electron chi connectivity index (χ1n) is 9.90. The SMILES string of the molecule is CC(CC(C)Cn1c[n+](C)c2ccccc21)Cn1c[n+](C)c2ccccc21. The molecule has 4 nitrogen and oxygen atoms in total. The zero-order chi connectivity index (χ0) is 19.0. The lowest BCUT2D eigenvalue weighted by molar-refractivity contribution is -0.645. The molecular formula is C23H30N4+2. The van der Waals surface area contributed by atoms with E-state index >= 15 is 0 Å². The number of aromatic nitrogens is 4. The highest BCUT2D eigenvalue weighted by atomic mass is 15.1.